The Morgan fingerprint density at radius 2 is 1.65 bits per heavy atom. The van der Waals surface area contributed by atoms with Gasteiger partial charge in [0.15, 0.2) is 11.5 Å². The number of carbonyl (C=O) groups is 2. The topological polar surface area (TPSA) is 105 Å². The molecular weight excluding hydrogens is 292 g/mol. The van der Waals surface area contributed by atoms with Gasteiger partial charge >= 0.3 is 0 Å². The fraction of sp³-hybridized carbons (Fsp3) is 0.200. The molecule has 0 radical (unpaired) electrons. The lowest BCUT2D eigenvalue weighted by Gasteiger charge is -2.14. The van der Waals surface area contributed by atoms with Crippen LogP contribution < -0.4 is 20.9 Å². The van der Waals surface area contributed by atoms with Gasteiger partial charge in [-0.3, -0.25) is 9.59 Å². The molecular formula is C10H11BrN2O4. The molecule has 0 atom stereocenters. The van der Waals surface area contributed by atoms with Gasteiger partial charge in [-0.25, -0.2) is 0 Å². The van der Waals surface area contributed by atoms with Crippen LogP contribution in [-0.2, 0) is 0 Å². The summed E-state index contributed by atoms with van der Waals surface area (Å²) in [6.45, 7) is 0. The van der Waals surface area contributed by atoms with E-state index in [0.717, 1.165) is 0 Å². The van der Waals surface area contributed by atoms with Crippen LogP contribution in [0.5, 0.6) is 11.5 Å². The van der Waals surface area contributed by atoms with Crippen LogP contribution in [0.15, 0.2) is 10.5 Å². The zero-order valence-electron chi connectivity index (χ0n) is 9.24. The van der Waals surface area contributed by atoms with Gasteiger partial charge in [-0.2, -0.15) is 0 Å². The number of ether oxygens (including phenoxy) is 2. The van der Waals surface area contributed by atoms with E-state index >= 15 is 0 Å². The Labute approximate surface area is 106 Å². The number of primary amides is 2. The molecule has 0 unspecified atom stereocenters. The minimum absolute atomic E-state index is 0.0323. The maximum Gasteiger partial charge on any atom is 0.253 e. The van der Waals surface area contributed by atoms with Gasteiger partial charge in [0.25, 0.3) is 11.8 Å². The second kappa shape index (κ2) is 5.05. The molecule has 1 aromatic carbocycles. The molecule has 6 nitrogen and oxygen atoms in total. The molecule has 0 saturated heterocycles. The van der Waals surface area contributed by atoms with Gasteiger partial charge in [0.1, 0.15) is 0 Å². The van der Waals surface area contributed by atoms with Gasteiger partial charge in [-0.1, -0.05) is 0 Å². The summed E-state index contributed by atoms with van der Waals surface area (Å²) in [6, 6.07) is 1.48. The summed E-state index contributed by atoms with van der Waals surface area (Å²) < 4.78 is 10.4. The quantitative estimate of drug-likeness (QED) is 0.852. The Morgan fingerprint density at radius 3 is 2.00 bits per heavy atom. The molecule has 0 aliphatic carbocycles. The Balaban J connectivity index is 3.73. The Hall–Kier alpha value is -1.76. The van der Waals surface area contributed by atoms with Crippen molar-refractivity contribution in [2.45, 2.75) is 0 Å². The highest BCUT2D eigenvalue weighted by Crippen LogP contribution is 2.37. The lowest BCUT2D eigenvalue weighted by molar-refractivity contribution is 0.0963. The third-order valence-electron chi connectivity index (χ3n) is 2.11. The molecule has 0 bridgehead atoms. The number of benzene rings is 1. The van der Waals surface area contributed by atoms with Crippen LogP contribution in [-0.4, -0.2) is 26.0 Å². The number of halogens is 1. The molecule has 1 aromatic rings. The first-order valence-electron chi connectivity index (χ1n) is 4.48. The van der Waals surface area contributed by atoms with Crippen LogP contribution in [0.3, 0.4) is 0 Å². The first-order chi connectivity index (χ1) is 7.93. The molecule has 0 fully saturated rings. The number of amides is 2. The number of hydrogen-bond acceptors (Lipinski definition) is 4. The van der Waals surface area contributed by atoms with Crippen LogP contribution in [0.4, 0.5) is 0 Å². The smallest absolute Gasteiger partial charge is 0.253 e. The Bertz CT molecular complexity index is 488. The summed E-state index contributed by atoms with van der Waals surface area (Å²) in [7, 11) is 2.74. The van der Waals surface area contributed by atoms with E-state index in [-0.39, 0.29) is 22.6 Å². The van der Waals surface area contributed by atoms with E-state index < -0.39 is 11.8 Å². The van der Waals surface area contributed by atoms with Gasteiger partial charge < -0.3 is 20.9 Å². The fourth-order valence-electron chi connectivity index (χ4n) is 1.44. The summed E-state index contributed by atoms with van der Waals surface area (Å²) in [5.74, 6) is -1.25. The van der Waals surface area contributed by atoms with Crippen molar-refractivity contribution >= 4 is 27.7 Å². The molecule has 2 amide bonds. The average Bonchev–Trinajstić information content (AvgIpc) is 2.26. The highest BCUT2D eigenvalue weighted by molar-refractivity contribution is 9.10. The van der Waals surface area contributed by atoms with E-state index in [1.165, 1.54) is 20.3 Å². The molecule has 1 rings (SSSR count). The van der Waals surface area contributed by atoms with E-state index in [1.54, 1.807) is 0 Å². The first kappa shape index (κ1) is 13.3. The lowest BCUT2D eigenvalue weighted by atomic mass is 10.0. The number of methoxy groups -OCH3 is 2. The average molecular weight is 303 g/mol. The predicted octanol–water partition coefficient (Wildman–Crippen LogP) is 0.664. The van der Waals surface area contributed by atoms with E-state index in [9.17, 15) is 9.59 Å². The first-order valence-corrected chi connectivity index (χ1v) is 5.27. The van der Waals surface area contributed by atoms with Gasteiger partial charge in [0, 0.05) is 4.47 Å². The molecule has 0 aliphatic rings. The third-order valence-corrected chi connectivity index (χ3v) is 2.74. The zero-order chi connectivity index (χ0) is 13.2. The van der Waals surface area contributed by atoms with Crippen molar-refractivity contribution in [1.29, 1.82) is 0 Å². The summed E-state index contributed by atoms with van der Waals surface area (Å²) in [6.07, 6.45) is 0. The standard InChI is InChI=1S/C10H11BrN2O4/c1-16-5-3-4(11)6(9(12)14)7(10(13)15)8(5)17-2/h3H,1-2H3,(H2,12,14)(H2,13,15). The maximum absolute atomic E-state index is 11.4. The number of rotatable bonds is 4. The van der Waals surface area contributed by atoms with Crippen molar-refractivity contribution in [2.24, 2.45) is 11.5 Å². The van der Waals surface area contributed by atoms with Crippen LogP contribution in [0.1, 0.15) is 20.7 Å². The molecule has 4 N–H and O–H groups in total. The summed E-state index contributed by atoms with van der Waals surface area (Å²) in [4.78, 5) is 22.7. The molecule has 0 heterocycles. The monoisotopic (exact) mass is 302 g/mol. The van der Waals surface area contributed by atoms with E-state index in [1.807, 2.05) is 0 Å². The minimum Gasteiger partial charge on any atom is -0.493 e. The second-order valence-corrected chi connectivity index (χ2v) is 3.93. The number of carbonyl (C=O) groups excluding carboxylic acids is 2. The van der Waals surface area contributed by atoms with Crippen molar-refractivity contribution < 1.29 is 19.1 Å². The maximum atomic E-state index is 11.4. The summed E-state index contributed by atoms with van der Waals surface area (Å²) in [5.41, 5.74) is 10.3. The molecule has 7 heteroatoms. The predicted molar refractivity (Wildman–Crippen MR) is 64.3 cm³/mol. The summed E-state index contributed by atoms with van der Waals surface area (Å²) >= 11 is 3.13. The van der Waals surface area contributed by atoms with Crippen molar-refractivity contribution in [3.05, 3.63) is 21.7 Å². The van der Waals surface area contributed by atoms with Gasteiger partial charge in [0.05, 0.1) is 25.3 Å². The van der Waals surface area contributed by atoms with E-state index in [2.05, 4.69) is 15.9 Å². The molecule has 0 aliphatic heterocycles. The van der Waals surface area contributed by atoms with Crippen molar-refractivity contribution in [1.82, 2.24) is 0 Å². The number of nitrogens with two attached hydrogens (primary N) is 2. The highest BCUT2D eigenvalue weighted by Gasteiger charge is 2.25. The molecule has 0 spiro atoms. The largest absolute Gasteiger partial charge is 0.493 e. The van der Waals surface area contributed by atoms with E-state index in [4.69, 9.17) is 20.9 Å². The Morgan fingerprint density at radius 1 is 1.12 bits per heavy atom. The lowest BCUT2D eigenvalue weighted by Crippen LogP contribution is -2.22. The Kier molecular flexibility index (Phi) is 3.95. The SMILES string of the molecule is COc1cc(Br)c(C(N)=O)c(C(N)=O)c1OC. The van der Waals surface area contributed by atoms with Gasteiger partial charge in [-0.15, -0.1) is 0 Å². The summed E-state index contributed by atoms with van der Waals surface area (Å²) in [5, 5.41) is 0. The molecule has 92 valence electrons. The molecule has 0 saturated carbocycles. The normalized spacial score (nSPS) is 9.82. The van der Waals surface area contributed by atoms with Crippen molar-refractivity contribution in [2.75, 3.05) is 14.2 Å². The van der Waals surface area contributed by atoms with Crippen LogP contribution in [0.25, 0.3) is 0 Å². The highest BCUT2D eigenvalue weighted by atomic mass is 79.9. The van der Waals surface area contributed by atoms with Gasteiger partial charge in [-0.05, 0) is 22.0 Å². The van der Waals surface area contributed by atoms with Crippen LogP contribution in [0.2, 0.25) is 0 Å². The van der Waals surface area contributed by atoms with Crippen molar-refractivity contribution in [3.63, 3.8) is 0 Å². The number of hydrogen-bond donors (Lipinski definition) is 2. The molecule has 17 heavy (non-hydrogen) atoms. The van der Waals surface area contributed by atoms with Crippen LogP contribution >= 0.6 is 15.9 Å². The van der Waals surface area contributed by atoms with Crippen LogP contribution in [0, 0.1) is 0 Å². The second-order valence-electron chi connectivity index (χ2n) is 3.07. The van der Waals surface area contributed by atoms with Gasteiger partial charge in [0.2, 0.25) is 0 Å². The fourth-order valence-corrected chi connectivity index (χ4v) is 2.04. The van der Waals surface area contributed by atoms with Crippen molar-refractivity contribution in [3.8, 4) is 11.5 Å². The minimum atomic E-state index is -0.824. The molecule has 0 aromatic heterocycles. The zero-order valence-corrected chi connectivity index (χ0v) is 10.8. The van der Waals surface area contributed by atoms with E-state index in [0.29, 0.717) is 4.47 Å². The third kappa shape index (κ3) is 2.33.